The summed E-state index contributed by atoms with van der Waals surface area (Å²) < 4.78 is 12.4. The number of fused-ring (bicyclic) bond motifs is 1. The molecule has 1 N–H and O–H groups in total. The van der Waals surface area contributed by atoms with Crippen molar-refractivity contribution >= 4 is 27.9 Å². The number of imidazole rings is 1. The van der Waals surface area contributed by atoms with Crippen LogP contribution in [0.4, 0.5) is 5.69 Å². The van der Waals surface area contributed by atoms with E-state index in [1.54, 1.807) is 43.8 Å². The first kappa shape index (κ1) is 17.1. The summed E-state index contributed by atoms with van der Waals surface area (Å²) in [5.41, 5.74) is 3.10. The Morgan fingerprint density at radius 3 is 2.56 bits per heavy atom. The Morgan fingerprint density at radius 2 is 1.85 bits per heavy atom. The van der Waals surface area contributed by atoms with E-state index in [0.29, 0.717) is 22.7 Å². The molecule has 136 valence electrons. The number of nitrogens with zero attached hydrogens (tertiary/aromatic N) is 2. The quantitative estimate of drug-likeness (QED) is 0.560. The lowest BCUT2D eigenvalue weighted by molar-refractivity contribution is 0.102. The van der Waals surface area contributed by atoms with E-state index in [0.717, 1.165) is 16.2 Å². The normalized spacial score (nSPS) is 10.7. The first-order chi connectivity index (χ1) is 13.2. The summed E-state index contributed by atoms with van der Waals surface area (Å²) in [5.74, 6) is 0.879. The summed E-state index contributed by atoms with van der Waals surface area (Å²) >= 11 is 1.59. The number of rotatable bonds is 5. The lowest BCUT2D eigenvalue weighted by atomic mass is 10.1. The van der Waals surface area contributed by atoms with E-state index >= 15 is 0 Å². The summed E-state index contributed by atoms with van der Waals surface area (Å²) in [5, 5.41) is 4.89. The second-order valence-electron chi connectivity index (χ2n) is 5.82. The fourth-order valence-electron chi connectivity index (χ4n) is 2.77. The van der Waals surface area contributed by atoms with Gasteiger partial charge in [0.25, 0.3) is 5.91 Å². The Labute approximate surface area is 160 Å². The summed E-state index contributed by atoms with van der Waals surface area (Å²) in [6.07, 6.45) is 3.97. The van der Waals surface area contributed by atoms with Gasteiger partial charge in [0.15, 0.2) is 16.5 Å². The Hall–Kier alpha value is -3.32. The maximum atomic E-state index is 12.5. The monoisotopic (exact) mass is 379 g/mol. The van der Waals surface area contributed by atoms with E-state index in [1.807, 2.05) is 46.4 Å². The number of thiazole rings is 1. The van der Waals surface area contributed by atoms with Gasteiger partial charge in [0.2, 0.25) is 0 Å². The summed E-state index contributed by atoms with van der Waals surface area (Å²) in [6.45, 7) is 0. The van der Waals surface area contributed by atoms with Crippen LogP contribution >= 0.6 is 11.3 Å². The number of hydrogen-bond donors (Lipinski definition) is 1. The van der Waals surface area contributed by atoms with Crippen molar-refractivity contribution in [2.24, 2.45) is 0 Å². The standard InChI is InChI=1S/C20H17N3O3S/c1-25-17-8-5-14(11-18(17)26-2)19(24)21-15-6-3-13(4-7-15)16-12-23-9-10-27-20(23)22-16/h3-12H,1-2H3,(H,21,24). The van der Waals surface area contributed by atoms with Gasteiger partial charge in [-0.25, -0.2) is 4.98 Å². The average molecular weight is 379 g/mol. The van der Waals surface area contributed by atoms with Crippen LogP contribution in [0.5, 0.6) is 11.5 Å². The molecule has 1 amide bonds. The number of nitrogens with one attached hydrogen (secondary N) is 1. The van der Waals surface area contributed by atoms with E-state index < -0.39 is 0 Å². The van der Waals surface area contributed by atoms with Gasteiger partial charge < -0.3 is 14.8 Å². The van der Waals surface area contributed by atoms with Crippen LogP contribution in [-0.4, -0.2) is 29.5 Å². The maximum absolute atomic E-state index is 12.5. The topological polar surface area (TPSA) is 64.9 Å². The van der Waals surface area contributed by atoms with Gasteiger partial charge in [-0.2, -0.15) is 0 Å². The van der Waals surface area contributed by atoms with E-state index in [-0.39, 0.29) is 5.91 Å². The van der Waals surface area contributed by atoms with E-state index in [9.17, 15) is 4.79 Å². The molecular weight excluding hydrogens is 362 g/mol. The summed E-state index contributed by atoms with van der Waals surface area (Å²) in [7, 11) is 3.10. The first-order valence-corrected chi connectivity index (χ1v) is 9.12. The van der Waals surface area contributed by atoms with Crippen LogP contribution in [0, 0.1) is 0 Å². The van der Waals surface area contributed by atoms with Gasteiger partial charge in [-0.15, -0.1) is 11.3 Å². The fourth-order valence-corrected chi connectivity index (χ4v) is 3.47. The highest BCUT2D eigenvalue weighted by Crippen LogP contribution is 2.28. The fraction of sp³-hybridized carbons (Fsp3) is 0.100. The molecule has 4 rings (SSSR count). The van der Waals surface area contributed by atoms with Crippen molar-refractivity contribution in [1.29, 1.82) is 0 Å². The molecule has 0 unspecified atom stereocenters. The molecule has 0 spiro atoms. The minimum absolute atomic E-state index is 0.216. The number of ether oxygens (including phenoxy) is 2. The number of benzene rings is 2. The lowest BCUT2D eigenvalue weighted by Gasteiger charge is -2.10. The number of carbonyl (C=O) groups is 1. The molecule has 0 aliphatic carbocycles. The van der Waals surface area contributed by atoms with Crippen molar-refractivity contribution in [3.63, 3.8) is 0 Å². The number of amides is 1. The van der Waals surface area contributed by atoms with Gasteiger partial charge in [-0.1, -0.05) is 12.1 Å². The largest absolute Gasteiger partial charge is 0.493 e. The molecule has 2 aromatic heterocycles. The highest BCUT2D eigenvalue weighted by molar-refractivity contribution is 7.15. The highest BCUT2D eigenvalue weighted by Gasteiger charge is 2.11. The van der Waals surface area contributed by atoms with Crippen LogP contribution in [0.3, 0.4) is 0 Å². The predicted octanol–water partition coefficient (Wildman–Crippen LogP) is 4.33. The van der Waals surface area contributed by atoms with Gasteiger partial charge in [-0.05, 0) is 30.3 Å². The number of hydrogen-bond acceptors (Lipinski definition) is 5. The van der Waals surface area contributed by atoms with Gasteiger partial charge in [0.05, 0.1) is 19.9 Å². The zero-order valence-electron chi connectivity index (χ0n) is 14.8. The van der Waals surface area contributed by atoms with Crippen LogP contribution in [-0.2, 0) is 0 Å². The predicted molar refractivity (Wildman–Crippen MR) is 106 cm³/mol. The minimum atomic E-state index is -0.216. The second-order valence-corrected chi connectivity index (χ2v) is 6.69. The van der Waals surface area contributed by atoms with Crippen LogP contribution in [0.1, 0.15) is 10.4 Å². The average Bonchev–Trinajstić information content (AvgIpc) is 3.30. The zero-order chi connectivity index (χ0) is 18.8. The minimum Gasteiger partial charge on any atom is -0.493 e. The molecular formula is C20H17N3O3S. The Bertz CT molecular complexity index is 1070. The van der Waals surface area contributed by atoms with Crippen LogP contribution in [0.2, 0.25) is 0 Å². The number of aromatic nitrogens is 2. The van der Waals surface area contributed by atoms with Crippen molar-refractivity contribution in [3.8, 4) is 22.8 Å². The molecule has 7 heteroatoms. The van der Waals surface area contributed by atoms with Crippen molar-refractivity contribution in [3.05, 3.63) is 65.8 Å². The number of carbonyl (C=O) groups excluding carboxylic acids is 1. The van der Waals surface area contributed by atoms with Crippen LogP contribution in [0.25, 0.3) is 16.2 Å². The van der Waals surface area contributed by atoms with Gasteiger partial charge in [0, 0.05) is 34.6 Å². The first-order valence-electron chi connectivity index (χ1n) is 8.24. The van der Waals surface area contributed by atoms with Crippen molar-refractivity contribution in [2.75, 3.05) is 19.5 Å². The third-order valence-electron chi connectivity index (χ3n) is 4.18. The molecule has 0 saturated heterocycles. The molecule has 6 nitrogen and oxygen atoms in total. The molecule has 2 heterocycles. The highest BCUT2D eigenvalue weighted by atomic mass is 32.1. The molecule has 0 radical (unpaired) electrons. The van der Waals surface area contributed by atoms with Crippen LogP contribution < -0.4 is 14.8 Å². The van der Waals surface area contributed by atoms with Crippen LogP contribution in [0.15, 0.2) is 60.2 Å². The van der Waals surface area contributed by atoms with Gasteiger partial charge in [-0.3, -0.25) is 9.20 Å². The smallest absolute Gasteiger partial charge is 0.255 e. The second kappa shape index (κ2) is 7.13. The van der Waals surface area contributed by atoms with Gasteiger partial charge >= 0.3 is 0 Å². The Morgan fingerprint density at radius 1 is 1.07 bits per heavy atom. The molecule has 0 aliphatic rings. The third kappa shape index (κ3) is 3.37. The third-order valence-corrected chi connectivity index (χ3v) is 4.95. The maximum Gasteiger partial charge on any atom is 0.255 e. The van der Waals surface area contributed by atoms with Crippen molar-refractivity contribution in [2.45, 2.75) is 0 Å². The summed E-state index contributed by atoms with van der Waals surface area (Å²) in [6, 6.07) is 12.7. The van der Waals surface area contributed by atoms with Gasteiger partial charge in [0.1, 0.15) is 0 Å². The number of anilines is 1. The molecule has 0 atom stereocenters. The van der Waals surface area contributed by atoms with Crippen molar-refractivity contribution < 1.29 is 14.3 Å². The molecule has 0 fully saturated rings. The van der Waals surface area contributed by atoms with Crippen molar-refractivity contribution in [1.82, 2.24) is 9.38 Å². The molecule has 0 aliphatic heterocycles. The SMILES string of the molecule is COc1ccc(C(=O)Nc2ccc(-c3cn4ccsc4n3)cc2)cc1OC. The Balaban J connectivity index is 1.51. The summed E-state index contributed by atoms with van der Waals surface area (Å²) in [4.78, 5) is 18.0. The zero-order valence-corrected chi connectivity index (χ0v) is 15.6. The number of methoxy groups -OCH3 is 2. The van der Waals surface area contributed by atoms with E-state index in [2.05, 4.69) is 10.3 Å². The molecule has 4 aromatic rings. The Kier molecular flexibility index (Phi) is 4.52. The lowest BCUT2D eigenvalue weighted by Crippen LogP contribution is -2.12. The molecule has 0 saturated carbocycles. The van der Waals surface area contributed by atoms with E-state index in [1.165, 1.54) is 0 Å². The van der Waals surface area contributed by atoms with E-state index in [4.69, 9.17) is 9.47 Å². The molecule has 27 heavy (non-hydrogen) atoms. The molecule has 0 bridgehead atoms. The molecule has 2 aromatic carbocycles.